The van der Waals surface area contributed by atoms with Gasteiger partial charge in [-0.25, -0.2) is 4.98 Å². The zero-order valence-electron chi connectivity index (χ0n) is 13.1. The molecule has 21 heavy (non-hydrogen) atoms. The average Bonchev–Trinajstić information content (AvgIpc) is 2.52. The fourth-order valence-corrected chi connectivity index (χ4v) is 2.20. The van der Waals surface area contributed by atoms with Crippen LogP contribution in [0.25, 0.3) is 0 Å². The van der Waals surface area contributed by atoms with Crippen LogP contribution in [0.1, 0.15) is 23.7 Å². The van der Waals surface area contributed by atoms with Gasteiger partial charge in [-0.3, -0.25) is 4.98 Å². The number of anilines is 1. The molecule has 0 amide bonds. The second-order valence-electron chi connectivity index (χ2n) is 5.22. The molecule has 2 aromatic heterocycles. The molecule has 0 aliphatic heterocycles. The Bertz CT molecular complexity index is 554. The Morgan fingerprint density at radius 2 is 1.90 bits per heavy atom. The normalized spacial score (nSPS) is 10.6. The minimum absolute atomic E-state index is 0.885. The zero-order chi connectivity index (χ0) is 15.1. The van der Waals surface area contributed by atoms with Crippen LogP contribution in [0.15, 0.2) is 36.7 Å². The van der Waals surface area contributed by atoms with Crippen molar-refractivity contribution < 1.29 is 0 Å². The number of pyridine rings is 2. The van der Waals surface area contributed by atoms with E-state index in [1.54, 1.807) is 0 Å². The summed E-state index contributed by atoms with van der Waals surface area (Å²) < 4.78 is 0. The summed E-state index contributed by atoms with van der Waals surface area (Å²) in [5, 5.41) is 3.34. The summed E-state index contributed by atoms with van der Waals surface area (Å²) in [4.78, 5) is 11.0. The van der Waals surface area contributed by atoms with Crippen molar-refractivity contribution in [2.24, 2.45) is 0 Å². The molecule has 0 unspecified atom stereocenters. The van der Waals surface area contributed by atoms with Gasteiger partial charge in [0.05, 0.1) is 0 Å². The highest BCUT2D eigenvalue weighted by molar-refractivity contribution is 5.41. The van der Waals surface area contributed by atoms with Crippen molar-refractivity contribution in [3.05, 3.63) is 53.5 Å². The molecule has 0 saturated carbocycles. The van der Waals surface area contributed by atoms with E-state index in [-0.39, 0.29) is 0 Å². The summed E-state index contributed by atoms with van der Waals surface area (Å²) in [6.45, 7) is 7.00. The number of hydrogen-bond donors (Lipinski definition) is 1. The fraction of sp³-hybridized carbons (Fsp3) is 0.412. The molecule has 1 N–H and O–H groups in total. The van der Waals surface area contributed by atoms with E-state index in [4.69, 9.17) is 4.98 Å². The molecule has 0 aromatic carbocycles. The molecule has 0 atom stereocenters. The number of nitrogens with one attached hydrogen (secondary N) is 1. The Morgan fingerprint density at radius 1 is 1.14 bits per heavy atom. The first-order chi connectivity index (χ1) is 10.2. The first-order valence-corrected chi connectivity index (χ1v) is 7.48. The van der Waals surface area contributed by atoms with Crippen molar-refractivity contribution >= 4 is 5.82 Å². The number of hydrogen-bond acceptors (Lipinski definition) is 4. The van der Waals surface area contributed by atoms with E-state index < -0.39 is 0 Å². The third-order valence-corrected chi connectivity index (χ3v) is 3.62. The lowest BCUT2D eigenvalue weighted by atomic mass is 10.2. The van der Waals surface area contributed by atoms with Gasteiger partial charge in [-0.05, 0) is 49.2 Å². The van der Waals surface area contributed by atoms with Crippen LogP contribution in [0.4, 0.5) is 5.82 Å². The van der Waals surface area contributed by atoms with Crippen LogP contribution in [0.3, 0.4) is 0 Å². The summed E-state index contributed by atoms with van der Waals surface area (Å²) >= 11 is 0. The highest BCUT2D eigenvalue weighted by Crippen LogP contribution is 2.14. The molecule has 0 aliphatic rings. The molecule has 2 rings (SSSR count). The Labute approximate surface area is 127 Å². The predicted molar refractivity (Wildman–Crippen MR) is 87.6 cm³/mol. The number of aromatic nitrogens is 2. The first kappa shape index (κ1) is 15.4. The van der Waals surface area contributed by atoms with Gasteiger partial charge in [-0.1, -0.05) is 13.0 Å². The van der Waals surface area contributed by atoms with Crippen molar-refractivity contribution in [2.75, 3.05) is 25.0 Å². The Balaban J connectivity index is 1.96. The van der Waals surface area contributed by atoms with Crippen LogP contribution in [-0.2, 0) is 13.0 Å². The Hall–Kier alpha value is -1.94. The maximum absolute atomic E-state index is 4.71. The van der Waals surface area contributed by atoms with Crippen LogP contribution in [-0.4, -0.2) is 30.1 Å². The van der Waals surface area contributed by atoms with Gasteiger partial charge in [0, 0.05) is 38.2 Å². The molecule has 0 bridgehead atoms. The minimum Gasteiger partial charge on any atom is -0.359 e. The number of likely N-dealkylation sites (N-methyl/N-ethyl adjacent to an activating group) is 1. The summed E-state index contributed by atoms with van der Waals surface area (Å²) in [5.74, 6) is 1.03. The van der Waals surface area contributed by atoms with Crippen molar-refractivity contribution in [1.82, 2.24) is 15.3 Å². The van der Waals surface area contributed by atoms with E-state index in [1.165, 1.54) is 11.1 Å². The minimum atomic E-state index is 0.885. The van der Waals surface area contributed by atoms with Crippen LogP contribution >= 0.6 is 0 Å². The number of rotatable bonds is 7. The molecule has 2 aromatic rings. The number of nitrogens with zero attached hydrogens (tertiary/aromatic N) is 3. The van der Waals surface area contributed by atoms with Gasteiger partial charge in [0.15, 0.2) is 0 Å². The molecule has 0 spiro atoms. The van der Waals surface area contributed by atoms with E-state index >= 15 is 0 Å². The van der Waals surface area contributed by atoms with E-state index in [1.807, 2.05) is 12.4 Å². The summed E-state index contributed by atoms with van der Waals surface area (Å²) in [7, 11) is 2.09. The smallest absolute Gasteiger partial charge is 0.128 e. The fourth-order valence-electron chi connectivity index (χ4n) is 2.20. The van der Waals surface area contributed by atoms with Crippen LogP contribution in [0.2, 0.25) is 0 Å². The highest BCUT2D eigenvalue weighted by atomic mass is 15.2. The summed E-state index contributed by atoms with van der Waals surface area (Å²) in [5.41, 5.74) is 3.67. The van der Waals surface area contributed by atoms with Crippen molar-refractivity contribution in [1.29, 1.82) is 0 Å². The molecule has 2 heterocycles. The van der Waals surface area contributed by atoms with Crippen LogP contribution in [0.5, 0.6) is 0 Å². The van der Waals surface area contributed by atoms with Gasteiger partial charge in [0.1, 0.15) is 5.82 Å². The van der Waals surface area contributed by atoms with E-state index in [0.29, 0.717) is 0 Å². The summed E-state index contributed by atoms with van der Waals surface area (Å²) in [6.07, 6.45) is 4.68. The van der Waals surface area contributed by atoms with Crippen LogP contribution in [0, 0.1) is 6.92 Å². The lowest BCUT2D eigenvalue weighted by Gasteiger charge is -2.19. The third kappa shape index (κ3) is 4.53. The van der Waals surface area contributed by atoms with Gasteiger partial charge in [0.2, 0.25) is 0 Å². The van der Waals surface area contributed by atoms with Crippen molar-refractivity contribution in [2.45, 2.75) is 26.8 Å². The standard InChI is InChI=1S/C17H24N4/c1-4-18-13-16-5-6-17(20-14(16)2)21(3)12-9-15-7-10-19-11-8-15/h5-8,10-11,18H,4,9,12-13H2,1-3H3. The monoisotopic (exact) mass is 284 g/mol. The maximum Gasteiger partial charge on any atom is 0.128 e. The van der Waals surface area contributed by atoms with Crippen molar-refractivity contribution in [3.8, 4) is 0 Å². The van der Waals surface area contributed by atoms with Gasteiger partial charge < -0.3 is 10.2 Å². The number of aryl methyl sites for hydroxylation is 1. The Kier molecular flexibility index (Phi) is 5.69. The topological polar surface area (TPSA) is 41.0 Å². The SMILES string of the molecule is CCNCc1ccc(N(C)CCc2ccncc2)nc1C. The average molecular weight is 284 g/mol. The second-order valence-corrected chi connectivity index (χ2v) is 5.22. The van der Waals surface area contributed by atoms with Gasteiger partial charge in [-0.15, -0.1) is 0 Å². The molecule has 0 fully saturated rings. The molecule has 0 saturated heterocycles. The third-order valence-electron chi connectivity index (χ3n) is 3.62. The highest BCUT2D eigenvalue weighted by Gasteiger charge is 2.06. The largest absolute Gasteiger partial charge is 0.359 e. The van der Waals surface area contributed by atoms with Gasteiger partial charge >= 0.3 is 0 Å². The summed E-state index contributed by atoms with van der Waals surface area (Å²) in [6, 6.07) is 8.40. The van der Waals surface area contributed by atoms with E-state index in [0.717, 1.165) is 37.6 Å². The van der Waals surface area contributed by atoms with E-state index in [9.17, 15) is 0 Å². The van der Waals surface area contributed by atoms with Crippen LogP contribution < -0.4 is 10.2 Å². The quantitative estimate of drug-likeness (QED) is 0.848. The molecule has 112 valence electrons. The zero-order valence-corrected chi connectivity index (χ0v) is 13.1. The Morgan fingerprint density at radius 3 is 2.57 bits per heavy atom. The maximum atomic E-state index is 4.71. The molecule has 4 heteroatoms. The van der Waals surface area contributed by atoms with Gasteiger partial charge in [0.25, 0.3) is 0 Å². The predicted octanol–water partition coefficient (Wildman–Crippen LogP) is 2.57. The molecule has 4 nitrogen and oxygen atoms in total. The first-order valence-electron chi connectivity index (χ1n) is 7.48. The lowest BCUT2D eigenvalue weighted by molar-refractivity contribution is 0.719. The molecular weight excluding hydrogens is 260 g/mol. The van der Waals surface area contributed by atoms with Gasteiger partial charge in [-0.2, -0.15) is 0 Å². The second kappa shape index (κ2) is 7.74. The lowest BCUT2D eigenvalue weighted by Crippen LogP contribution is -2.22. The molecule has 0 radical (unpaired) electrons. The molecule has 0 aliphatic carbocycles. The van der Waals surface area contributed by atoms with E-state index in [2.05, 4.69) is 60.4 Å². The molecular formula is C17H24N4. The van der Waals surface area contributed by atoms with Crippen molar-refractivity contribution in [3.63, 3.8) is 0 Å².